The lowest BCUT2D eigenvalue weighted by Crippen LogP contribution is -2.24. The molecule has 2 rings (SSSR count). The Morgan fingerprint density at radius 2 is 1.83 bits per heavy atom. The summed E-state index contributed by atoms with van der Waals surface area (Å²) in [4.78, 5) is 14.8. The van der Waals surface area contributed by atoms with Gasteiger partial charge in [0.2, 0.25) is 5.91 Å². The van der Waals surface area contributed by atoms with Gasteiger partial charge in [-0.15, -0.1) is 23.5 Å². The highest BCUT2D eigenvalue weighted by Crippen LogP contribution is 2.30. The summed E-state index contributed by atoms with van der Waals surface area (Å²) >= 11 is 9.21. The van der Waals surface area contributed by atoms with E-state index in [0.717, 1.165) is 27.7 Å². The van der Waals surface area contributed by atoms with E-state index in [1.54, 1.807) is 23.5 Å². The van der Waals surface area contributed by atoms with Crippen molar-refractivity contribution in [3.8, 4) is 0 Å². The maximum atomic E-state index is 12.6. The van der Waals surface area contributed by atoms with Gasteiger partial charge in [-0.2, -0.15) is 0 Å². The van der Waals surface area contributed by atoms with E-state index >= 15 is 0 Å². The Balaban J connectivity index is 2.06. The lowest BCUT2D eigenvalue weighted by molar-refractivity contribution is -0.115. The third-order valence-electron chi connectivity index (χ3n) is 3.20. The summed E-state index contributed by atoms with van der Waals surface area (Å²) in [7, 11) is 0. The van der Waals surface area contributed by atoms with Gasteiger partial charge in [0.15, 0.2) is 0 Å². The minimum absolute atomic E-state index is 0.0385. The highest BCUT2D eigenvalue weighted by Gasteiger charge is 2.19. The lowest BCUT2D eigenvalue weighted by Gasteiger charge is -2.16. The van der Waals surface area contributed by atoms with Gasteiger partial charge in [-0.3, -0.25) is 4.79 Å². The summed E-state index contributed by atoms with van der Waals surface area (Å²) in [5.41, 5.74) is 0.888. The number of nitrogens with one attached hydrogen (secondary N) is 1. The first-order valence-corrected chi connectivity index (χ1v) is 9.83. The van der Waals surface area contributed by atoms with E-state index in [4.69, 9.17) is 11.6 Å². The van der Waals surface area contributed by atoms with Crippen LogP contribution in [0.1, 0.15) is 20.3 Å². The molecule has 0 aliphatic rings. The molecule has 2 aromatic rings. The molecule has 0 aromatic heterocycles. The van der Waals surface area contributed by atoms with E-state index < -0.39 is 0 Å². The number of amides is 1. The van der Waals surface area contributed by atoms with Crippen LogP contribution in [-0.4, -0.2) is 16.9 Å². The lowest BCUT2D eigenvalue weighted by atomic mass is 10.2. The monoisotopic (exact) mass is 365 g/mol. The first kappa shape index (κ1) is 18.2. The maximum absolute atomic E-state index is 12.6. The number of anilines is 1. The average molecular weight is 366 g/mol. The Kier molecular flexibility index (Phi) is 7.34. The zero-order chi connectivity index (χ0) is 16.7. The summed E-state index contributed by atoms with van der Waals surface area (Å²) in [5.74, 6) is 1.01. The third kappa shape index (κ3) is 5.48. The molecule has 1 amide bonds. The molecule has 0 fully saturated rings. The number of hydrogen-bond donors (Lipinski definition) is 1. The molecule has 5 heteroatoms. The molecule has 0 unspecified atom stereocenters. The molecule has 122 valence electrons. The second kappa shape index (κ2) is 9.26. The molecule has 2 nitrogen and oxygen atoms in total. The highest BCUT2D eigenvalue weighted by molar-refractivity contribution is 8.00. The number of rotatable bonds is 7. The van der Waals surface area contributed by atoms with Crippen molar-refractivity contribution in [2.75, 3.05) is 11.1 Å². The Bertz CT molecular complexity index is 646. The van der Waals surface area contributed by atoms with Crippen LogP contribution in [0.4, 0.5) is 5.69 Å². The Hall–Kier alpha value is -1.10. The fourth-order valence-electron chi connectivity index (χ4n) is 2.06. The van der Waals surface area contributed by atoms with E-state index in [0.29, 0.717) is 5.02 Å². The molecular formula is C18H20ClNOS2. The van der Waals surface area contributed by atoms with E-state index in [-0.39, 0.29) is 11.2 Å². The van der Waals surface area contributed by atoms with Crippen LogP contribution in [-0.2, 0) is 4.79 Å². The van der Waals surface area contributed by atoms with Crippen molar-refractivity contribution in [3.63, 3.8) is 0 Å². The predicted molar refractivity (Wildman–Crippen MR) is 103 cm³/mol. The molecule has 1 N–H and O–H groups in total. The van der Waals surface area contributed by atoms with Crippen LogP contribution in [0.25, 0.3) is 0 Å². The molecular weight excluding hydrogens is 346 g/mol. The fraction of sp³-hybridized carbons (Fsp3) is 0.278. The number of thioether (sulfide) groups is 2. The minimum Gasteiger partial charge on any atom is -0.324 e. The first-order chi connectivity index (χ1) is 11.1. The van der Waals surface area contributed by atoms with Crippen molar-refractivity contribution in [1.29, 1.82) is 0 Å². The molecule has 1 atom stereocenters. The van der Waals surface area contributed by atoms with Crippen molar-refractivity contribution in [2.24, 2.45) is 0 Å². The third-order valence-corrected chi connectivity index (χ3v) is 5.78. The molecule has 0 bridgehead atoms. The van der Waals surface area contributed by atoms with Crippen LogP contribution in [0.3, 0.4) is 0 Å². The second-order valence-electron chi connectivity index (χ2n) is 4.89. The van der Waals surface area contributed by atoms with Crippen molar-refractivity contribution in [3.05, 3.63) is 53.6 Å². The van der Waals surface area contributed by atoms with Crippen LogP contribution in [0, 0.1) is 0 Å². The van der Waals surface area contributed by atoms with Gasteiger partial charge in [-0.05, 0) is 48.6 Å². The van der Waals surface area contributed by atoms with Gasteiger partial charge in [-0.25, -0.2) is 0 Å². The van der Waals surface area contributed by atoms with Gasteiger partial charge in [0.1, 0.15) is 0 Å². The Labute approximate surface area is 151 Å². The van der Waals surface area contributed by atoms with Gasteiger partial charge in [0.25, 0.3) is 0 Å². The number of benzene rings is 2. The fourth-order valence-corrected chi connectivity index (χ4v) is 3.90. The summed E-state index contributed by atoms with van der Waals surface area (Å²) < 4.78 is 0. The van der Waals surface area contributed by atoms with Crippen LogP contribution < -0.4 is 5.32 Å². The van der Waals surface area contributed by atoms with E-state index in [9.17, 15) is 4.79 Å². The van der Waals surface area contributed by atoms with Crippen LogP contribution in [0.15, 0.2) is 58.3 Å². The van der Waals surface area contributed by atoms with Crippen molar-refractivity contribution >= 4 is 46.7 Å². The molecule has 0 saturated heterocycles. The topological polar surface area (TPSA) is 29.1 Å². The summed E-state index contributed by atoms with van der Waals surface area (Å²) in [6, 6.07) is 15.5. The molecule has 0 saturated carbocycles. The summed E-state index contributed by atoms with van der Waals surface area (Å²) in [5, 5.41) is 3.65. The molecule has 0 aliphatic carbocycles. The number of hydrogen-bond acceptors (Lipinski definition) is 3. The number of para-hydroxylation sites is 1. The Morgan fingerprint density at radius 1 is 1.13 bits per heavy atom. The first-order valence-electron chi connectivity index (χ1n) is 7.59. The molecule has 0 aliphatic heterocycles. The zero-order valence-corrected chi connectivity index (χ0v) is 15.6. The van der Waals surface area contributed by atoms with Crippen molar-refractivity contribution in [1.82, 2.24) is 0 Å². The second-order valence-corrected chi connectivity index (χ2v) is 7.91. The number of carbonyl (C=O) groups is 1. The normalized spacial score (nSPS) is 12.0. The number of halogens is 1. The van der Waals surface area contributed by atoms with E-state index in [2.05, 4.69) is 12.2 Å². The summed E-state index contributed by atoms with van der Waals surface area (Å²) in [6.45, 7) is 4.13. The molecule has 23 heavy (non-hydrogen) atoms. The van der Waals surface area contributed by atoms with Gasteiger partial charge in [0.05, 0.1) is 10.9 Å². The van der Waals surface area contributed by atoms with Crippen LogP contribution in [0.2, 0.25) is 5.02 Å². The molecule has 0 spiro atoms. The molecule has 0 radical (unpaired) electrons. The predicted octanol–water partition coefficient (Wildman–Crippen LogP) is 5.96. The minimum atomic E-state index is -0.129. The molecule has 0 heterocycles. The maximum Gasteiger partial charge on any atom is 0.237 e. The highest BCUT2D eigenvalue weighted by atomic mass is 35.5. The Morgan fingerprint density at radius 3 is 2.48 bits per heavy atom. The zero-order valence-electron chi connectivity index (χ0n) is 13.2. The van der Waals surface area contributed by atoms with Gasteiger partial charge < -0.3 is 5.32 Å². The standard InChI is InChI=1S/C18H20ClNOS2/c1-3-16(23-14-11-9-13(19)10-12-14)18(21)20-15-7-5-6-8-17(15)22-4-2/h5-12,16H,3-4H2,1-2H3,(H,20,21)/t16-/m1/s1. The van der Waals surface area contributed by atoms with Crippen molar-refractivity contribution in [2.45, 2.75) is 35.3 Å². The SMILES string of the molecule is CCSc1ccccc1NC(=O)[C@@H](CC)Sc1ccc(Cl)cc1. The average Bonchev–Trinajstić information content (AvgIpc) is 2.56. The summed E-state index contributed by atoms with van der Waals surface area (Å²) in [6.07, 6.45) is 0.766. The van der Waals surface area contributed by atoms with Crippen LogP contribution >= 0.6 is 35.1 Å². The van der Waals surface area contributed by atoms with E-state index in [1.165, 1.54) is 0 Å². The van der Waals surface area contributed by atoms with Gasteiger partial charge >= 0.3 is 0 Å². The van der Waals surface area contributed by atoms with Gasteiger partial charge in [0, 0.05) is 14.8 Å². The smallest absolute Gasteiger partial charge is 0.237 e. The molecule has 2 aromatic carbocycles. The number of carbonyl (C=O) groups excluding carboxylic acids is 1. The quantitative estimate of drug-likeness (QED) is 0.613. The largest absolute Gasteiger partial charge is 0.324 e. The van der Waals surface area contributed by atoms with E-state index in [1.807, 2.05) is 55.5 Å². The van der Waals surface area contributed by atoms with Crippen molar-refractivity contribution < 1.29 is 4.79 Å². The van der Waals surface area contributed by atoms with Gasteiger partial charge in [-0.1, -0.05) is 37.6 Å². The van der Waals surface area contributed by atoms with Crippen LogP contribution in [0.5, 0.6) is 0 Å².